The van der Waals surface area contributed by atoms with Crippen molar-refractivity contribution in [3.63, 3.8) is 0 Å². The van der Waals surface area contributed by atoms with E-state index in [1.165, 1.54) is 35.7 Å². The summed E-state index contributed by atoms with van der Waals surface area (Å²) < 4.78 is 0. The lowest BCUT2D eigenvalue weighted by molar-refractivity contribution is 0.385. The standard InChI is InChI=1S/C15H18N2S2/c1-11-2-4-13(5-3-11)15-17-14(10-19-15)9-18-8-12-6-16-7-12/h2-5,10,12,16H,6-9H2,1H3. The normalized spacial score (nSPS) is 15.4. The number of thioether (sulfide) groups is 1. The third-order valence-corrected chi connectivity index (χ3v) is 5.47. The fraction of sp³-hybridized carbons (Fsp3) is 0.400. The molecule has 0 bridgehead atoms. The highest BCUT2D eigenvalue weighted by atomic mass is 32.2. The molecule has 100 valence electrons. The van der Waals surface area contributed by atoms with Gasteiger partial charge in [0.2, 0.25) is 0 Å². The maximum atomic E-state index is 4.73. The van der Waals surface area contributed by atoms with Gasteiger partial charge in [-0.25, -0.2) is 4.98 Å². The molecule has 2 aromatic rings. The van der Waals surface area contributed by atoms with E-state index < -0.39 is 0 Å². The number of aryl methyl sites for hydroxylation is 1. The Kier molecular flexibility index (Phi) is 4.21. The molecule has 1 aromatic carbocycles. The zero-order valence-corrected chi connectivity index (χ0v) is 12.7. The molecule has 0 radical (unpaired) electrons. The number of aromatic nitrogens is 1. The molecule has 19 heavy (non-hydrogen) atoms. The van der Waals surface area contributed by atoms with E-state index >= 15 is 0 Å². The Hall–Kier alpha value is -0.840. The summed E-state index contributed by atoms with van der Waals surface area (Å²) in [4.78, 5) is 4.73. The van der Waals surface area contributed by atoms with Crippen molar-refractivity contribution in [2.45, 2.75) is 12.7 Å². The van der Waals surface area contributed by atoms with E-state index in [1.54, 1.807) is 11.3 Å². The van der Waals surface area contributed by atoms with Crippen LogP contribution in [-0.2, 0) is 5.75 Å². The zero-order chi connectivity index (χ0) is 13.1. The summed E-state index contributed by atoms with van der Waals surface area (Å²) in [6.45, 7) is 4.50. The first-order valence-electron chi connectivity index (χ1n) is 6.61. The third kappa shape index (κ3) is 3.38. The van der Waals surface area contributed by atoms with E-state index in [4.69, 9.17) is 4.98 Å². The van der Waals surface area contributed by atoms with Crippen LogP contribution in [0.25, 0.3) is 10.6 Å². The van der Waals surface area contributed by atoms with E-state index in [-0.39, 0.29) is 0 Å². The first kappa shape index (κ1) is 13.2. The van der Waals surface area contributed by atoms with Crippen molar-refractivity contribution in [1.29, 1.82) is 0 Å². The minimum atomic E-state index is 0.875. The van der Waals surface area contributed by atoms with Crippen LogP contribution in [0.15, 0.2) is 29.6 Å². The van der Waals surface area contributed by atoms with Gasteiger partial charge in [-0.15, -0.1) is 11.3 Å². The molecule has 1 fully saturated rings. The molecule has 1 aliphatic heterocycles. The van der Waals surface area contributed by atoms with Crippen LogP contribution < -0.4 is 5.32 Å². The number of hydrogen-bond donors (Lipinski definition) is 1. The topological polar surface area (TPSA) is 24.9 Å². The van der Waals surface area contributed by atoms with Gasteiger partial charge in [0.05, 0.1) is 5.69 Å². The smallest absolute Gasteiger partial charge is 0.123 e. The predicted molar refractivity (Wildman–Crippen MR) is 84.8 cm³/mol. The van der Waals surface area contributed by atoms with Gasteiger partial charge in [0.1, 0.15) is 5.01 Å². The van der Waals surface area contributed by atoms with Crippen LogP contribution >= 0.6 is 23.1 Å². The lowest BCUT2D eigenvalue weighted by Crippen LogP contribution is -2.43. The number of nitrogens with zero attached hydrogens (tertiary/aromatic N) is 1. The van der Waals surface area contributed by atoms with E-state index in [0.29, 0.717) is 0 Å². The fourth-order valence-electron chi connectivity index (χ4n) is 2.00. The van der Waals surface area contributed by atoms with Crippen LogP contribution in [-0.4, -0.2) is 23.8 Å². The summed E-state index contributed by atoms with van der Waals surface area (Å²) in [5, 5.41) is 6.65. The Bertz CT molecular complexity index is 529. The van der Waals surface area contributed by atoms with Gasteiger partial charge >= 0.3 is 0 Å². The largest absolute Gasteiger partial charge is 0.316 e. The highest BCUT2D eigenvalue weighted by Crippen LogP contribution is 2.26. The summed E-state index contributed by atoms with van der Waals surface area (Å²) in [5.74, 6) is 3.17. The van der Waals surface area contributed by atoms with Crippen molar-refractivity contribution < 1.29 is 0 Å². The van der Waals surface area contributed by atoms with Crippen molar-refractivity contribution in [2.75, 3.05) is 18.8 Å². The van der Waals surface area contributed by atoms with Crippen LogP contribution in [0.5, 0.6) is 0 Å². The van der Waals surface area contributed by atoms with Crippen molar-refractivity contribution in [2.24, 2.45) is 5.92 Å². The SMILES string of the molecule is Cc1ccc(-c2nc(CSCC3CNC3)cs2)cc1. The quantitative estimate of drug-likeness (QED) is 0.911. The van der Waals surface area contributed by atoms with Gasteiger partial charge in [-0.1, -0.05) is 29.8 Å². The van der Waals surface area contributed by atoms with Crippen molar-refractivity contribution in [3.8, 4) is 10.6 Å². The average molecular weight is 290 g/mol. The van der Waals surface area contributed by atoms with Crippen LogP contribution in [0.2, 0.25) is 0 Å². The Balaban J connectivity index is 1.57. The van der Waals surface area contributed by atoms with Gasteiger partial charge < -0.3 is 5.32 Å². The van der Waals surface area contributed by atoms with Crippen LogP contribution in [0, 0.1) is 12.8 Å². The monoisotopic (exact) mass is 290 g/mol. The van der Waals surface area contributed by atoms with Crippen LogP contribution in [0.3, 0.4) is 0 Å². The Labute approximate surface area is 122 Å². The van der Waals surface area contributed by atoms with Crippen LogP contribution in [0.1, 0.15) is 11.3 Å². The highest BCUT2D eigenvalue weighted by Gasteiger charge is 2.16. The maximum Gasteiger partial charge on any atom is 0.123 e. The second-order valence-corrected chi connectivity index (χ2v) is 6.94. The first-order chi connectivity index (χ1) is 9.31. The Morgan fingerprint density at radius 3 is 2.79 bits per heavy atom. The number of nitrogens with one attached hydrogen (secondary N) is 1. The first-order valence-corrected chi connectivity index (χ1v) is 8.64. The number of benzene rings is 1. The van der Waals surface area contributed by atoms with Crippen molar-refractivity contribution in [1.82, 2.24) is 10.3 Å². The lowest BCUT2D eigenvalue weighted by atomic mass is 10.1. The Morgan fingerprint density at radius 1 is 1.32 bits per heavy atom. The zero-order valence-electron chi connectivity index (χ0n) is 11.1. The van der Waals surface area contributed by atoms with Gasteiger partial charge in [-0.05, 0) is 31.7 Å². The third-order valence-electron chi connectivity index (χ3n) is 3.32. The van der Waals surface area contributed by atoms with E-state index in [1.807, 2.05) is 11.8 Å². The predicted octanol–water partition coefficient (Wildman–Crippen LogP) is 3.57. The minimum Gasteiger partial charge on any atom is -0.316 e. The number of rotatable bonds is 5. The molecule has 0 saturated carbocycles. The van der Waals surface area contributed by atoms with Gasteiger partial charge in [0.25, 0.3) is 0 Å². The second kappa shape index (κ2) is 6.07. The van der Waals surface area contributed by atoms with E-state index in [9.17, 15) is 0 Å². The van der Waals surface area contributed by atoms with Gasteiger partial charge in [0.15, 0.2) is 0 Å². The van der Waals surface area contributed by atoms with Gasteiger partial charge in [-0.2, -0.15) is 11.8 Å². The molecular weight excluding hydrogens is 272 g/mol. The molecule has 0 atom stereocenters. The Morgan fingerprint density at radius 2 is 2.11 bits per heavy atom. The highest BCUT2D eigenvalue weighted by molar-refractivity contribution is 7.98. The molecule has 0 spiro atoms. The number of thiazole rings is 1. The molecule has 0 unspecified atom stereocenters. The molecule has 1 N–H and O–H groups in total. The summed E-state index contributed by atoms with van der Waals surface area (Å²) in [6.07, 6.45) is 0. The molecule has 3 rings (SSSR count). The van der Waals surface area contributed by atoms with Crippen molar-refractivity contribution >= 4 is 23.1 Å². The molecule has 2 heterocycles. The summed E-state index contributed by atoms with van der Waals surface area (Å²) >= 11 is 3.76. The molecule has 0 aliphatic carbocycles. The number of hydrogen-bond acceptors (Lipinski definition) is 4. The second-order valence-electron chi connectivity index (χ2n) is 5.05. The molecule has 1 aromatic heterocycles. The van der Waals surface area contributed by atoms with Crippen LogP contribution in [0.4, 0.5) is 0 Å². The van der Waals surface area contributed by atoms with E-state index in [2.05, 4.69) is 41.9 Å². The molecular formula is C15H18N2S2. The van der Waals surface area contributed by atoms with Gasteiger partial charge in [-0.3, -0.25) is 0 Å². The molecule has 1 aliphatic rings. The molecule has 4 heteroatoms. The average Bonchev–Trinajstić information content (AvgIpc) is 2.82. The molecule has 1 saturated heterocycles. The molecule has 2 nitrogen and oxygen atoms in total. The molecule has 0 amide bonds. The summed E-state index contributed by atoms with van der Waals surface area (Å²) in [5.41, 5.74) is 3.75. The van der Waals surface area contributed by atoms with E-state index in [0.717, 1.165) is 16.7 Å². The summed E-state index contributed by atoms with van der Waals surface area (Å²) in [6, 6.07) is 8.61. The fourth-order valence-corrected chi connectivity index (χ4v) is 3.97. The lowest BCUT2D eigenvalue weighted by Gasteiger charge is -2.26. The summed E-state index contributed by atoms with van der Waals surface area (Å²) in [7, 11) is 0. The van der Waals surface area contributed by atoms with Crippen molar-refractivity contribution in [3.05, 3.63) is 40.9 Å². The maximum absolute atomic E-state index is 4.73. The van der Waals surface area contributed by atoms with Gasteiger partial charge in [0, 0.05) is 16.7 Å². The minimum absolute atomic E-state index is 0.875.